The molecule has 3 rings (SSSR count). The highest BCUT2D eigenvalue weighted by Crippen LogP contribution is 2.20. The van der Waals surface area contributed by atoms with Gasteiger partial charge in [-0.25, -0.2) is 4.98 Å². The Morgan fingerprint density at radius 1 is 1.03 bits per heavy atom. The van der Waals surface area contributed by atoms with E-state index in [0.717, 1.165) is 24.5 Å². The van der Waals surface area contributed by atoms with Crippen LogP contribution in [0, 0.1) is 0 Å². The van der Waals surface area contributed by atoms with E-state index < -0.39 is 0 Å². The van der Waals surface area contributed by atoms with E-state index >= 15 is 0 Å². The fraction of sp³-hybridized carbons (Fsp3) is 0.478. The molecule has 1 aromatic heterocycles. The average molecular weight is 442 g/mol. The summed E-state index contributed by atoms with van der Waals surface area (Å²) in [6, 6.07) is 7.96. The van der Waals surface area contributed by atoms with Gasteiger partial charge in [0.2, 0.25) is 5.91 Å². The number of methoxy groups -OCH3 is 2. The Morgan fingerprint density at radius 2 is 1.78 bits per heavy atom. The molecule has 1 fully saturated rings. The molecule has 1 aliphatic rings. The summed E-state index contributed by atoms with van der Waals surface area (Å²) in [4.78, 5) is 39.5. The van der Waals surface area contributed by atoms with Crippen molar-refractivity contribution in [1.29, 1.82) is 0 Å². The molecular formula is C23H31N5O4. The summed E-state index contributed by atoms with van der Waals surface area (Å²) < 4.78 is 10.3. The number of nitrogens with zero attached hydrogens (tertiary/aromatic N) is 5. The minimum Gasteiger partial charge on any atom is -0.497 e. The molecule has 2 heterocycles. The maximum Gasteiger partial charge on any atom is 0.274 e. The summed E-state index contributed by atoms with van der Waals surface area (Å²) in [7, 11) is 3.28. The van der Waals surface area contributed by atoms with Gasteiger partial charge in [0.1, 0.15) is 11.4 Å². The van der Waals surface area contributed by atoms with Crippen molar-refractivity contribution < 1.29 is 19.1 Å². The summed E-state index contributed by atoms with van der Waals surface area (Å²) in [5.41, 5.74) is 1.40. The van der Waals surface area contributed by atoms with Crippen LogP contribution in [0.4, 0.5) is 5.69 Å². The van der Waals surface area contributed by atoms with Crippen LogP contribution in [0.1, 0.15) is 23.3 Å². The lowest BCUT2D eigenvalue weighted by molar-refractivity contribution is -0.131. The Labute approximate surface area is 188 Å². The third-order valence-electron chi connectivity index (χ3n) is 5.51. The molecule has 9 heteroatoms. The van der Waals surface area contributed by atoms with Crippen LogP contribution in [0.5, 0.6) is 5.75 Å². The minimum atomic E-state index is -0.216. The van der Waals surface area contributed by atoms with E-state index in [9.17, 15) is 9.59 Å². The first-order valence-corrected chi connectivity index (χ1v) is 10.8. The quantitative estimate of drug-likeness (QED) is 0.519. The molecule has 172 valence electrons. The molecule has 1 aliphatic heterocycles. The number of rotatable bonds is 10. The van der Waals surface area contributed by atoms with Crippen LogP contribution in [0.25, 0.3) is 0 Å². The van der Waals surface area contributed by atoms with Gasteiger partial charge < -0.3 is 24.2 Å². The SMILES string of the molecule is COCCCN(CCC(=O)N1CCN(c2ccc(OC)cc2)CC1)C(=O)c1cnccn1. The third-order valence-corrected chi connectivity index (χ3v) is 5.51. The zero-order valence-electron chi connectivity index (χ0n) is 18.8. The largest absolute Gasteiger partial charge is 0.497 e. The molecule has 2 amide bonds. The van der Waals surface area contributed by atoms with Crippen molar-refractivity contribution in [3.05, 3.63) is 48.5 Å². The molecule has 0 radical (unpaired) electrons. The van der Waals surface area contributed by atoms with E-state index in [1.54, 1.807) is 19.1 Å². The molecule has 1 saturated heterocycles. The number of piperazine rings is 1. The van der Waals surface area contributed by atoms with E-state index in [2.05, 4.69) is 14.9 Å². The molecule has 2 aromatic rings. The Morgan fingerprint density at radius 3 is 2.41 bits per heavy atom. The zero-order chi connectivity index (χ0) is 22.8. The number of hydrogen-bond acceptors (Lipinski definition) is 7. The van der Waals surface area contributed by atoms with Crippen molar-refractivity contribution in [2.45, 2.75) is 12.8 Å². The highest BCUT2D eigenvalue weighted by molar-refractivity contribution is 5.92. The summed E-state index contributed by atoms with van der Waals surface area (Å²) in [5.74, 6) is 0.669. The first-order chi connectivity index (χ1) is 15.6. The molecule has 0 N–H and O–H groups in total. The lowest BCUT2D eigenvalue weighted by atomic mass is 10.2. The molecule has 0 aliphatic carbocycles. The minimum absolute atomic E-state index is 0.0584. The van der Waals surface area contributed by atoms with E-state index in [-0.39, 0.29) is 23.9 Å². The molecule has 0 spiro atoms. The molecule has 9 nitrogen and oxygen atoms in total. The third kappa shape index (κ3) is 6.40. The van der Waals surface area contributed by atoms with Crippen LogP contribution in [0.15, 0.2) is 42.9 Å². The first-order valence-electron chi connectivity index (χ1n) is 10.8. The van der Waals surface area contributed by atoms with E-state index in [1.807, 2.05) is 29.2 Å². The molecule has 0 unspecified atom stereocenters. The second kappa shape index (κ2) is 12.0. The van der Waals surface area contributed by atoms with Crippen LogP contribution < -0.4 is 9.64 Å². The van der Waals surface area contributed by atoms with Crippen molar-refractivity contribution in [1.82, 2.24) is 19.8 Å². The first kappa shape index (κ1) is 23.5. The number of hydrogen-bond donors (Lipinski definition) is 0. The predicted molar refractivity (Wildman–Crippen MR) is 121 cm³/mol. The van der Waals surface area contributed by atoms with Gasteiger partial charge >= 0.3 is 0 Å². The topological polar surface area (TPSA) is 88.1 Å². The Kier molecular flexibility index (Phi) is 8.79. The highest BCUT2D eigenvalue weighted by atomic mass is 16.5. The Bertz CT molecular complexity index is 854. The second-order valence-corrected chi connectivity index (χ2v) is 7.55. The number of carbonyl (C=O) groups is 2. The lowest BCUT2D eigenvalue weighted by Crippen LogP contribution is -2.49. The standard InChI is InChI=1S/C23H31N5O4/c1-31-17-3-11-28(23(30)21-18-24-9-10-25-21)12-8-22(29)27-15-13-26(14-16-27)19-4-6-20(32-2)7-5-19/h4-7,9-10,18H,3,8,11-17H2,1-2H3. The van der Waals surface area contributed by atoms with Crippen LogP contribution in [-0.2, 0) is 9.53 Å². The molecule has 32 heavy (non-hydrogen) atoms. The number of aromatic nitrogens is 2. The number of anilines is 1. The smallest absolute Gasteiger partial charge is 0.274 e. The van der Waals surface area contributed by atoms with Gasteiger partial charge in [0.15, 0.2) is 0 Å². The average Bonchev–Trinajstić information content (AvgIpc) is 2.86. The fourth-order valence-corrected chi connectivity index (χ4v) is 3.68. The van der Waals surface area contributed by atoms with Crippen molar-refractivity contribution in [2.24, 2.45) is 0 Å². The molecule has 0 bridgehead atoms. The molecule has 1 aromatic carbocycles. The lowest BCUT2D eigenvalue weighted by Gasteiger charge is -2.36. The summed E-state index contributed by atoms with van der Waals surface area (Å²) in [5, 5.41) is 0. The van der Waals surface area contributed by atoms with Crippen LogP contribution in [-0.4, -0.2) is 91.7 Å². The van der Waals surface area contributed by atoms with E-state index in [4.69, 9.17) is 9.47 Å². The van der Waals surface area contributed by atoms with Gasteiger partial charge in [0, 0.05) is 77.5 Å². The Hall–Kier alpha value is -3.20. The highest BCUT2D eigenvalue weighted by Gasteiger charge is 2.23. The Balaban J connectivity index is 1.51. The van der Waals surface area contributed by atoms with Crippen LogP contribution in [0.3, 0.4) is 0 Å². The summed E-state index contributed by atoms with van der Waals surface area (Å²) >= 11 is 0. The van der Waals surface area contributed by atoms with Crippen molar-refractivity contribution in [2.75, 3.05) is 65.0 Å². The van der Waals surface area contributed by atoms with Gasteiger partial charge in [0.05, 0.1) is 13.3 Å². The monoisotopic (exact) mass is 441 g/mol. The maximum absolute atomic E-state index is 12.8. The number of benzene rings is 1. The normalized spacial score (nSPS) is 13.7. The van der Waals surface area contributed by atoms with Crippen molar-refractivity contribution in [3.8, 4) is 5.75 Å². The van der Waals surface area contributed by atoms with Gasteiger partial charge in [-0.05, 0) is 30.7 Å². The number of ether oxygens (including phenoxy) is 2. The van der Waals surface area contributed by atoms with Gasteiger partial charge in [-0.2, -0.15) is 0 Å². The molecule has 0 atom stereocenters. The van der Waals surface area contributed by atoms with Gasteiger partial charge in [0.25, 0.3) is 5.91 Å². The second-order valence-electron chi connectivity index (χ2n) is 7.55. The van der Waals surface area contributed by atoms with E-state index in [1.165, 1.54) is 18.6 Å². The van der Waals surface area contributed by atoms with Gasteiger partial charge in [-0.3, -0.25) is 14.6 Å². The van der Waals surface area contributed by atoms with Crippen LogP contribution in [0.2, 0.25) is 0 Å². The van der Waals surface area contributed by atoms with Crippen molar-refractivity contribution in [3.63, 3.8) is 0 Å². The van der Waals surface area contributed by atoms with Gasteiger partial charge in [-0.1, -0.05) is 0 Å². The fourth-order valence-electron chi connectivity index (χ4n) is 3.68. The molecular weight excluding hydrogens is 410 g/mol. The van der Waals surface area contributed by atoms with Crippen LogP contribution >= 0.6 is 0 Å². The van der Waals surface area contributed by atoms with Gasteiger partial charge in [-0.15, -0.1) is 0 Å². The maximum atomic E-state index is 12.8. The number of carbonyl (C=O) groups excluding carboxylic acids is 2. The number of amides is 2. The predicted octanol–water partition coefficient (Wildman–Crippen LogP) is 1.70. The van der Waals surface area contributed by atoms with Crippen molar-refractivity contribution >= 4 is 17.5 Å². The summed E-state index contributed by atoms with van der Waals surface area (Å²) in [6.45, 7) is 4.26. The van der Waals surface area contributed by atoms with E-state index in [0.29, 0.717) is 39.2 Å². The zero-order valence-corrected chi connectivity index (χ0v) is 18.8. The summed E-state index contributed by atoms with van der Waals surface area (Å²) in [6.07, 6.45) is 5.44. The molecule has 0 saturated carbocycles.